The average Bonchev–Trinajstić information content (AvgIpc) is 2.27. The van der Waals surface area contributed by atoms with Gasteiger partial charge in [-0.2, -0.15) is 0 Å². The Bertz CT molecular complexity index is 477. The number of aromatic amines is 2. The van der Waals surface area contributed by atoms with Gasteiger partial charge in [-0.25, -0.2) is 0 Å². The van der Waals surface area contributed by atoms with Gasteiger partial charge in [-0.05, 0) is 12.1 Å². The van der Waals surface area contributed by atoms with Gasteiger partial charge in [0, 0.05) is 0 Å². The molecule has 0 unspecified atom stereocenters. The smallest absolute Gasteiger partial charge is 0.267 e. The molecule has 0 aliphatic rings. The van der Waals surface area contributed by atoms with Gasteiger partial charge in [0.2, 0.25) is 0 Å². The third kappa shape index (κ3) is 1.74. The van der Waals surface area contributed by atoms with Crippen molar-refractivity contribution in [3.63, 3.8) is 0 Å². The molecule has 2 rings (SSSR count). The van der Waals surface area contributed by atoms with Crippen LogP contribution in [-0.4, -0.2) is 10.2 Å². The summed E-state index contributed by atoms with van der Waals surface area (Å²) in [4.78, 5) is 22.2. The largest absolute Gasteiger partial charge is 0.270 e. The molecule has 1 aromatic carbocycles. The van der Waals surface area contributed by atoms with Gasteiger partial charge in [0.1, 0.15) is 0 Å². The highest BCUT2D eigenvalue weighted by atomic mass is 16.1. The van der Waals surface area contributed by atoms with E-state index in [0.29, 0.717) is 10.8 Å². The van der Waals surface area contributed by atoms with Gasteiger partial charge in [-0.3, -0.25) is 19.8 Å². The minimum absolute atomic E-state index is 0.273. The lowest BCUT2D eigenvalue weighted by Gasteiger charge is -1.92. The van der Waals surface area contributed by atoms with E-state index in [1.807, 2.05) is 13.8 Å². The molecule has 0 radical (unpaired) electrons. The van der Waals surface area contributed by atoms with E-state index in [2.05, 4.69) is 10.2 Å². The van der Waals surface area contributed by atoms with E-state index in [1.165, 1.54) is 0 Å². The highest BCUT2D eigenvalue weighted by molar-refractivity contribution is 5.79. The summed E-state index contributed by atoms with van der Waals surface area (Å²) >= 11 is 0. The van der Waals surface area contributed by atoms with E-state index in [1.54, 1.807) is 24.3 Å². The van der Waals surface area contributed by atoms with Crippen LogP contribution in [0.15, 0.2) is 33.9 Å². The van der Waals surface area contributed by atoms with Gasteiger partial charge < -0.3 is 0 Å². The van der Waals surface area contributed by atoms with E-state index < -0.39 is 0 Å². The first-order valence-corrected chi connectivity index (χ1v) is 4.49. The Morgan fingerprint density at radius 2 is 1.21 bits per heavy atom. The fraction of sp³-hybridized carbons (Fsp3) is 0.200. The summed E-state index contributed by atoms with van der Waals surface area (Å²) in [5.74, 6) is 0. The predicted molar refractivity (Wildman–Crippen MR) is 56.5 cm³/mol. The monoisotopic (exact) mass is 192 g/mol. The Labute approximate surface area is 80.6 Å². The van der Waals surface area contributed by atoms with Crippen LogP contribution in [0, 0.1) is 0 Å². The van der Waals surface area contributed by atoms with Crippen molar-refractivity contribution in [3.05, 3.63) is 45.0 Å². The molecule has 0 fully saturated rings. The van der Waals surface area contributed by atoms with Crippen molar-refractivity contribution in [1.29, 1.82) is 0 Å². The highest BCUT2D eigenvalue weighted by Crippen LogP contribution is 2.00. The molecule has 2 N–H and O–H groups in total. The summed E-state index contributed by atoms with van der Waals surface area (Å²) in [6.45, 7) is 4.00. The number of benzene rings is 1. The molecule has 74 valence electrons. The SMILES string of the molecule is CC.O=c1[nH][nH]c(=O)c2ccccc12. The van der Waals surface area contributed by atoms with E-state index in [0.717, 1.165) is 0 Å². The Hall–Kier alpha value is -1.84. The number of hydrogen-bond donors (Lipinski definition) is 2. The normalized spacial score (nSPS) is 9.29. The molecule has 1 aromatic heterocycles. The number of rotatable bonds is 0. The lowest BCUT2D eigenvalue weighted by molar-refractivity contribution is 0.976. The maximum absolute atomic E-state index is 11.1. The Morgan fingerprint density at radius 3 is 1.57 bits per heavy atom. The number of nitrogens with one attached hydrogen (secondary N) is 2. The Balaban J connectivity index is 0.000000461. The first-order chi connectivity index (χ1) is 6.79. The third-order valence-corrected chi connectivity index (χ3v) is 1.71. The van der Waals surface area contributed by atoms with Crippen molar-refractivity contribution in [3.8, 4) is 0 Å². The van der Waals surface area contributed by atoms with Crippen molar-refractivity contribution in [2.24, 2.45) is 0 Å². The van der Waals surface area contributed by atoms with Gasteiger partial charge in [0.05, 0.1) is 10.8 Å². The molecule has 0 aliphatic heterocycles. The summed E-state index contributed by atoms with van der Waals surface area (Å²) in [5, 5.41) is 5.33. The van der Waals surface area contributed by atoms with E-state index in [-0.39, 0.29) is 11.1 Å². The molecule has 1 heterocycles. The van der Waals surface area contributed by atoms with E-state index in [4.69, 9.17) is 0 Å². The van der Waals surface area contributed by atoms with Crippen LogP contribution in [0.1, 0.15) is 13.8 Å². The molecule has 4 nitrogen and oxygen atoms in total. The summed E-state index contributed by atoms with van der Waals surface area (Å²) in [7, 11) is 0. The first kappa shape index (κ1) is 10.2. The maximum atomic E-state index is 11.1. The number of fused-ring (bicyclic) bond motifs is 1. The maximum Gasteiger partial charge on any atom is 0.270 e. The second-order valence-electron chi connectivity index (χ2n) is 2.45. The fourth-order valence-corrected chi connectivity index (χ4v) is 1.13. The second kappa shape index (κ2) is 4.41. The quantitative estimate of drug-likeness (QED) is 0.659. The summed E-state index contributed by atoms with van der Waals surface area (Å²) in [6.07, 6.45) is 0. The van der Waals surface area contributed by atoms with Crippen LogP contribution >= 0.6 is 0 Å². The summed E-state index contributed by atoms with van der Waals surface area (Å²) < 4.78 is 0. The van der Waals surface area contributed by atoms with Gasteiger partial charge in [-0.15, -0.1) is 0 Å². The molecule has 4 heteroatoms. The predicted octanol–water partition coefficient (Wildman–Crippen LogP) is 1.24. The molecule has 0 saturated carbocycles. The minimum Gasteiger partial charge on any atom is -0.267 e. The fourth-order valence-electron chi connectivity index (χ4n) is 1.13. The van der Waals surface area contributed by atoms with Gasteiger partial charge in [-0.1, -0.05) is 26.0 Å². The molecule has 0 bridgehead atoms. The third-order valence-electron chi connectivity index (χ3n) is 1.71. The van der Waals surface area contributed by atoms with Gasteiger partial charge >= 0.3 is 0 Å². The summed E-state index contributed by atoms with van der Waals surface area (Å²) in [5.41, 5.74) is -0.546. The zero-order chi connectivity index (χ0) is 10.6. The highest BCUT2D eigenvalue weighted by Gasteiger charge is 1.98. The van der Waals surface area contributed by atoms with Crippen molar-refractivity contribution in [2.45, 2.75) is 13.8 Å². The second-order valence-corrected chi connectivity index (χ2v) is 2.45. The number of H-pyrrole nitrogens is 2. The molecule has 0 saturated heterocycles. The molecule has 0 atom stereocenters. The Kier molecular flexibility index (Phi) is 3.23. The van der Waals surface area contributed by atoms with Crippen LogP contribution in [0.25, 0.3) is 10.8 Å². The van der Waals surface area contributed by atoms with Crippen molar-refractivity contribution >= 4 is 10.8 Å². The Morgan fingerprint density at radius 1 is 0.857 bits per heavy atom. The van der Waals surface area contributed by atoms with Crippen LogP contribution in [0.4, 0.5) is 0 Å². The average molecular weight is 192 g/mol. The number of aromatic nitrogens is 2. The molecule has 2 aromatic rings. The molecule has 0 aliphatic carbocycles. The molecule has 14 heavy (non-hydrogen) atoms. The molecular formula is C10H12N2O2. The molecule has 0 amide bonds. The lowest BCUT2D eigenvalue weighted by Crippen LogP contribution is -2.18. The van der Waals surface area contributed by atoms with Gasteiger partial charge in [0.25, 0.3) is 11.1 Å². The van der Waals surface area contributed by atoms with E-state index >= 15 is 0 Å². The standard InChI is InChI=1S/C8H6N2O2.C2H6/c11-7-5-3-1-2-4-6(5)8(12)10-9-7;1-2/h1-4H,(H,9,11)(H,10,12);1-2H3. The van der Waals surface area contributed by atoms with Crippen LogP contribution in [0.3, 0.4) is 0 Å². The number of hydrogen-bond acceptors (Lipinski definition) is 2. The van der Waals surface area contributed by atoms with Crippen molar-refractivity contribution < 1.29 is 0 Å². The first-order valence-electron chi connectivity index (χ1n) is 4.49. The lowest BCUT2D eigenvalue weighted by atomic mass is 10.2. The van der Waals surface area contributed by atoms with Crippen LogP contribution in [-0.2, 0) is 0 Å². The van der Waals surface area contributed by atoms with Crippen LogP contribution in [0.5, 0.6) is 0 Å². The molecular weight excluding hydrogens is 180 g/mol. The zero-order valence-electron chi connectivity index (χ0n) is 8.13. The van der Waals surface area contributed by atoms with Gasteiger partial charge in [0.15, 0.2) is 0 Å². The van der Waals surface area contributed by atoms with Crippen molar-refractivity contribution in [1.82, 2.24) is 10.2 Å². The van der Waals surface area contributed by atoms with Crippen LogP contribution < -0.4 is 11.1 Å². The zero-order valence-corrected chi connectivity index (χ0v) is 8.13. The van der Waals surface area contributed by atoms with E-state index in [9.17, 15) is 9.59 Å². The van der Waals surface area contributed by atoms with Crippen LogP contribution in [0.2, 0.25) is 0 Å². The van der Waals surface area contributed by atoms with Crippen molar-refractivity contribution in [2.75, 3.05) is 0 Å². The molecule has 0 spiro atoms. The minimum atomic E-state index is -0.273. The topological polar surface area (TPSA) is 65.7 Å². The summed E-state index contributed by atoms with van der Waals surface area (Å²) in [6, 6.07) is 6.67.